The van der Waals surface area contributed by atoms with Crippen LogP contribution in [0.1, 0.15) is 6.92 Å². The quantitative estimate of drug-likeness (QED) is 0.830. The van der Waals surface area contributed by atoms with Crippen molar-refractivity contribution in [1.29, 1.82) is 0 Å². The van der Waals surface area contributed by atoms with Crippen LogP contribution in [0.4, 0.5) is 5.69 Å². The van der Waals surface area contributed by atoms with Gasteiger partial charge in [0.05, 0.1) is 5.69 Å². The number of piperazine rings is 1. The molecule has 1 aromatic carbocycles. The summed E-state index contributed by atoms with van der Waals surface area (Å²) >= 11 is 0. The van der Waals surface area contributed by atoms with Crippen LogP contribution >= 0.6 is 0 Å². The van der Waals surface area contributed by atoms with Crippen LogP contribution < -0.4 is 14.9 Å². The molecule has 0 atom stereocenters. The lowest BCUT2D eigenvalue weighted by atomic mass is 10.2. The normalized spacial score (nSPS) is 16.8. The van der Waals surface area contributed by atoms with Crippen LogP contribution in [0.2, 0.25) is 0 Å². The minimum Gasteiger partial charge on any atom is -0.368 e. The van der Waals surface area contributed by atoms with E-state index in [9.17, 15) is 8.42 Å². The van der Waals surface area contributed by atoms with E-state index < -0.39 is 10.0 Å². The van der Waals surface area contributed by atoms with Gasteiger partial charge in [0.15, 0.2) is 0 Å². The Morgan fingerprint density at radius 1 is 1.28 bits per heavy atom. The van der Waals surface area contributed by atoms with Crippen LogP contribution in [0.5, 0.6) is 0 Å². The third-order valence-corrected chi connectivity index (χ3v) is 4.54. The number of nitrogens with zero attached hydrogens (tertiary/aromatic N) is 1. The smallest absolute Gasteiger partial charge is 0.242 e. The van der Waals surface area contributed by atoms with Gasteiger partial charge in [-0.05, 0) is 12.1 Å². The maximum atomic E-state index is 12.1. The van der Waals surface area contributed by atoms with Gasteiger partial charge < -0.3 is 10.2 Å². The molecule has 100 valence electrons. The first kappa shape index (κ1) is 13.3. The number of benzene rings is 1. The van der Waals surface area contributed by atoms with Crippen LogP contribution in [0.3, 0.4) is 0 Å². The van der Waals surface area contributed by atoms with Crippen molar-refractivity contribution in [3.63, 3.8) is 0 Å². The molecule has 0 aromatic heterocycles. The van der Waals surface area contributed by atoms with Gasteiger partial charge in [-0.25, -0.2) is 13.1 Å². The van der Waals surface area contributed by atoms with Crippen molar-refractivity contribution in [3.8, 4) is 0 Å². The maximum Gasteiger partial charge on any atom is 0.242 e. The summed E-state index contributed by atoms with van der Waals surface area (Å²) in [6.07, 6.45) is 0. The predicted octanol–water partition coefficient (Wildman–Crippen LogP) is 0.394. The highest BCUT2D eigenvalue weighted by Gasteiger charge is 2.21. The average molecular weight is 269 g/mol. The molecule has 0 amide bonds. The van der Waals surface area contributed by atoms with E-state index in [0.717, 1.165) is 31.9 Å². The van der Waals surface area contributed by atoms with Crippen molar-refractivity contribution in [3.05, 3.63) is 24.3 Å². The van der Waals surface area contributed by atoms with Gasteiger partial charge in [-0.3, -0.25) is 0 Å². The largest absolute Gasteiger partial charge is 0.368 e. The Balaban J connectivity index is 2.36. The van der Waals surface area contributed by atoms with Gasteiger partial charge in [-0.15, -0.1) is 0 Å². The predicted molar refractivity (Wildman–Crippen MR) is 72.4 cm³/mol. The maximum absolute atomic E-state index is 12.1. The van der Waals surface area contributed by atoms with E-state index in [-0.39, 0.29) is 0 Å². The molecule has 2 N–H and O–H groups in total. The Morgan fingerprint density at radius 3 is 2.61 bits per heavy atom. The third-order valence-electron chi connectivity index (χ3n) is 2.95. The number of rotatable bonds is 4. The fraction of sp³-hybridized carbons (Fsp3) is 0.500. The molecule has 0 aliphatic carbocycles. The van der Waals surface area contributed by atoms with Crippen molar-refractivity contribution < 1.29 is 8.42 Å². The molecule has 5 nitrogen and oxygen atoms in total. The highest BCUT2D eigenvalue weighted by atomic mass is 32.2. The molecule has 18 heavy (non-hydrogen) atoms. The zero-order valence-electron chi connectivity index (χ0n) is 10.5. The minimum absolute atomic E-state index is 0.369. The zero-order chi connectivity index (χ0) is 13.0. The van der Waals surface area contributed by atoms with E-state index in [2.05, 4.69) is 14.9 Å². The standard InChI is InChI=1S/C12H19N3O2S/c1-2-14-18(16,17)12-6-4-3-5-11(12)15-9-7-13-8-10-15/h3-6,13-14H,2,7-10H2,1H3. The van der Waals surface area contributed by atoms with E-state index >= 15 is 0 Å². The lowest BCUT2D eigenvalue weighted by molar-refractivity contribution is 0.574. The Kier molecular flexibility index (Phi) is 4.21. The first-order chi connectivity index (χ1) is 8.65. The van der Waals surface area contributed by atoms with E-state index in [4.69, 9.17) is 0 Å². The molecular weight excluding hydrogens is 250 g/mol. The van der Waals surface area contributed by atoms with E-state index in [1.54, 1.807) is 19.1 Å². The summed E-state index contributed by atoms with van der Waals surface area (Å²) in [4.78, 5) is 2.48. The van der Waals surface area contributed by atoms with E-state index in [1.807, 2.05) is 12.1 Å². The highest BCUT2D eigenvalue weighted by molar-refractivity contribution is 7.89. The number of para-hydroxylation sites is 1. The zero-order valence-corrected chi connectivity index (χ0v) is 11.3. The molecule has 0 saturated carbocycles. The summed E-state index contributed by atoms with van der Waals surface area (Å²) < 4.78 is 26.8. The van der Waals surface area contributed by atoms with Gasteiger partial charge in [0.2, 0.25) is 10.0 Å². The molecule has 1 fully saturated rings. The summed E-state index contributed by atoms with van der Waals surface area (Å²) in [5.41, 5.74) is 0.792. The molecule has 2 rings (SSSR count). The van der Waals surface area contributed by atoms with Crippen LogP contribution in [0.15, 0.2) is 29.2 Å². The number of nitrogens with one attached hydrogen (secondary N) is 2. The molecule has 0 radical (unpaired) electrons. The van der Waals surface area contributed by atoms with Crippen LogP contribution in [0.25, 0.3) is 0 Å². The first-order valence-corrected chi connectivity index (χ1v) is 7.68. The number of hydrogen-bond acceptors (Lipinski definition) is 4. The fourth-order valence-corrected chi connectivity index (χ4v) is 3.38. The van der Waals surface area contributed by atoms with Gasteiger partial charge >= 0.3 is 0 Å². The summed E-state index contributed by atoms with van der Waals surface area (Å²) in [7, 11) is -3.40. The SMILES string of the molecule is CCNS(=O)(=O)c1ccccc1N1CCNCC1. The average Bonchev–Trinajstić information content (AvgIpc) is 2.40. The van der Waals surface area contributed by atoms with Crippen LogP contribution in [-0.4, -0.2) is 41.1 Å². The molecule has 0 spiro atoms. The Hall–Kier alpha value is -1.11. The molecule has 0 unspecified atom stereocenters. The number of hydrogen-bond donors (Lipinski definition) is 2. The highest BCUT2D eigenvalue weighted by Crippen LogP contribution is 2.24. The second kappa shape index (κ2) is 5.69. The minimum atomic E-state index is -3.40. The molecule has 1 aromatic rings. The van der Waals surface area contributed by atoms with Crippen molar-refractivity contribution >= 4 is 15.7 Å². The summed E-state index contributed by atoms with van der Waals surface area (Å²) in [6.45, 7) is 5.62. The molecule has 1 saturated heterocycles. The first-order valence-electron chi connectivity index (χ1n) is 6.19. The van der Waals surface area contributed by atoms with Crippen molar-refractivity contribution in [2.75, 3.05) is 37.6 Å². The molecular formula is C12H19N3O2S. The fourth-order valence-electron chi connectivity index (χ4n) is 2.12. The van der Waals surface area contributed by atoms with Crippen LogP contribution in [0, 0.1) is 0 Å². The Bertz CT molecular complexity index is 496. The summed E-state index contributed by atoms with van der Waals surface area (Å²) in [6, 6.07) is 7.17. The molecule has 6 heteroatoms. The van der Waals surface area contributed by atoms with E-state index in [0.29, 0.717) is 11.4 Å². The second-order valence-corrected chi connectivity index (χ2v) is 5.94. The van der Waals surface area contributed by atoms with Crippen molar-refractivity contribution in [2.45, 2.75) is 11.8 Å². The van der Waals surface area contributed by atoms with Crippen molar-refractivity contribution in [1.82, 2.24) is 10.0 Å². The van der Waals surface area contributed by atoms with E-state index in [1.165, 1.54) is 0 Å². The summed E-state index contributed by atoms with van der Waals surface area (Å²) in [5.74, 6) is 0. The lowest BCUT2D eigenvalue weighted by Gasteiger charge is -2.30. The van der Waals surface area contributed by atoms with Gasteiger partial charge in [0, 0.05) is 32.7 Å². The monoisotopic (exact) mass is 269 g/mol. The number of sulfonamides is 1. The third kappa shape index (κ3) is 2.82. The topological polar surface area (TPSA) is 61.4 Å². The van der Waals surface area contributed by atoms with Gasteiger partial charge in [-0.1, -0.05) is 19.1 Å². The summed E-state index contributed by atoms with van der Waals surface area (Å²) in [5, 5.41) is 3.26. The van der Waals surface area contributed by atoms with Crippen molar-refractivity contribution in [2.24, 2.45) is 0 Å². The van der Waals surface area contributed by atoms with Gasteiger partial charge in [0.1, 0.15) is 4.90 Å². The Labute approximate surface area is 108 Å². The number of anilines is 1. The second-order valence-electron chi connectivity index (χ2n) is 4.21. The molecule has 1 aliphatic heterocycles. The Morgan fingerprint density at radius 2 is 1.94 bits per heavy atom. The molecule has 0 bridgehead atoms. The molecule has 1 heterocycles. The van der Waals surface area contributed by atoms with Gasteiger partial charge in [-0.2, -0.15) is 0 Å². The van der Waals surface area contributed by atoms with Gasteiger partial charge in [0.25, 0.3) is 0 Å². The van der Waals surface area contributed by atoms with Crippen LogP contribution in [-0.2, 0) is 10.0 Å². The lowest BCUT2D eigenvalue weighted by Crippen LogP contribution is -2.44. The molecule has 1 aliphatic rings.